The Labute approximate surface area is 94.9 Å². The second kappa shape index (κ2) is 11.2. The molecule has 0 atom stereocenters. The molecular weight excluding hydrogens is 182 g/mol. The predicted octanol–water partition coefficient (Wildman–Crippen LogP) is 4.62. The van der Waals surface area contributed by atoms with E-state index in [0.717, 1.165) is 6.42 Å². The highest BCUT2D eigenvalue weighted by atomic mass is 14.7. The summed E-state index contributed by atoms with van der Waals surface area (Å²) in [6.07, 6.45) is 9.65. The molecule has 86 valence electrons. The van der Waals surface area contributed by atoms with E-state index in [9.17, 15) is 0 Å². The summed E-state index contributed by atoms with van der Waals surface area (Å²) in [5.41, 5.74) is 1.19. The Hall–Kier alpha value is -0.850. The molecule has 0 amide bonds. The van der Waals surface area contributed by atoms with E-state index in [2.05, 4.69) is 31.8 Å². The Morgan fingerprint density at radius 3 is 2.00 bits per heavy atom. The van der Waals surface area contributed by atoms with Gasteiger partial charge in [-0.2, -0.15) is 0 Å². The third-order valence-corrected chi connectivity index (χ3v) is 2.19. The molecule has 1 rings (SSSR count). The van der Waals surface area contributed by atoms with E-state index in [-0.39, 0.29) is 0 Å². The molecule has 0 saturated carbocycles. The number of nitrogens with zero attached hydrogens (tertiary/aromatic N) is 1. The summed E-state index contributed by atoms with van der Waals surface area (Å²) in [6, 6.07) is 6.03. The van der Waals surface area contributed by atoms with Crippen molar-refractivity contribution in [3.8, 4) is 0 Å². The number of hydrogen-bond donors (Lipinski definition) is 0. The van der Waals surface area contributed by atoms with Crippen LogP contribution in [-0.2, 0) is 6.42 Å². The molecule has 0 aromatic carbocycles. The van der Waals surface area contributed by atoms with E-state index in [4.69, 9.17) is 0 Å². The second-order valence-corrected chi connectivity index (χ2v) is 3.78. The Bertz CT molecular complexity index is 202. The summed E-state index contributed by atoms with van der Waals surface area (Å²) < 4.78 is 0. The molecule has 15 heavy (non-hydrogen) atoms. The first-order valence-electron chi connectivity index (χ1n) is 6.25. The first-order valence-corrected chi connectivity index (χ1v) is 6.25. The molecule has 1 heterocycles. The lowest BCUT2D eigenvalue weighted by Gasteiger charge is -1.92. The van der Waals surface area contributed by atoms with Crippen molar-refractivity contribution in [2.45, 2.75) is 59.3 Å². The number of aryl methyl sites for hydroxylation is 1. The van der Waals surface area contributed by atoms with Crippen LogP contribution < -0.4 is 0 Å². The van der Waals surface area contributed by atoms with Gasteiger partial charge in [-0.1, -0.05) is 58.9 Å². The van der Waals surface area contributed by atoms with Crippen molar-refractivity contribution >= 4 is 0 Å². The van der Waals surface area contributed by atoms with Crippen molar-refractivity contribution in [3.05, 3.63) is 30.1 Å². The molecule has 0 N–H and O–H groups in total. The Kier molecular flexibility index (Phi) is 10.6. The average molecular weight is 207 g/mol. The van der Waals surface area contributed by atoms with E-state index in [1.807, 2.05) is 18.3 Å². The van der Waals surface area contributed by atoms with Crippen LogP contribution in [0.25, 0.3) is 0 Å². The molecule has 0 bridgehead atoms. The summed E-state index contributed by atoms with van der Waals surface area (Å²) in [6.45, 7) is 6.62. The van der Waals surface area contributed by atoms with Crippen LogP contribution in [0.15, 0.2) is 24.4 Å². The maximum Gasteiger partial charge on any atom is 0.0403 e. The van der Waals surface area contributed by atoms with Gasteiger partial charge < -0.3 is 0 Å². The summed E-state index contributed by atoms with van der Waals surface area (Å²) in [5, 5.41) is 0. The quantitative estimate of drug-likeness (QED) is 0.642. The lowest BCUT2D eigenvalue weighted by molar-refractivity contribution is 0.702. The number of hydrogen-bond acceptors (Lipinski definition) is 1. The van der Waals surface area contributed by atoms with E-state index in [1.165, 1.54) is 37.8 Å². The van der Waals surface area contributed by atoms with Crippen LogP contribution in [0.4, 0.5) is 0 Å². The van der Waals surface area contributed by atoms with Gasteiger partial charge in [-0.05, 0) is 18.6 Å². The molecule has 1 aromatic heterocycles. The van der Waals surface area contributed by atoms with Crippen molar-refractivity contribution in [2.24, 2.45) is 0 Å². The molecule has 0 radical (unpaired) electrons. The Morgan fingerprint density at radius 1 is 0.933 bits per heavy atom. The summed E-state index contributed by atoms with van der Waals surface area (Å²) in [4.78, 5) is 4.17. The smallest absolute Gasteiger partial charge is 0.0403 e. The maximum absolute atomic E-state index is 4.17. The largest absolute Gasteiger partial charge is 0.261 e. The van der Waals surface area contributed by atoms with E-state index >= 15 is 0 Å². The molecule has 1 heteroatoms. The van der Waals surface area contributed by atoms with Crippen LogP contribution in [-0.4, -0.2) is 4.98 Å². The molecule has 1 nitrogen and oxygen atoms in total. The number of pyridine rings is 1. The van der Waals surface area contributed by atoms with Crippen molar-refractivity contribution in [3.63, 3.8) is 0 Å². The topological polar surface area (TPSA) is 12.9 Å². The molecule has 0 saturated heterocycles. The summed E-state index contributed by atoms with van der Waals surface area (Å²) in [7, 11) is 0. The SMILES string of the molecule is CCCCCC.CCCc1ccccn1. The molecule has 0 aliphatic carbocycles. The van der Waals surface area contributed by atoms with Gasteiger partial charge in [-0.15, -0.1) is 0 Å². The number of aromatic nitrogens is 1. The minimum Gasteiger partial charge on any atom is -0.261 e. The number of rotatable bonds is 5. The first-order chi connectivity index (χ1) is 7.35. The monoisotopic (exact) mass is 207 g/mol. The fourth-order valence-electron chi connectivity index (χ4n) is 1.30. The van der Waals surface area contributed by atoms with Gasteiger partial charge in [0.05, 0.1) is 0 Å². The fraction of sp³-hybridized carbons (Fsp3) is 0.643. The van der Waals surface area contributed by atoms with E-state index in [1.54, 1.807) is 0 Å². The molecule has 0 fully saturated rings. The van der Waals surface area contributed by atoms with E-state index in [0.29, 0.717) is 0 Å². The van der Waals surface area contributed by atoms with Crippen LogP contribution in [0.2, 0.25) is 0 Å². The minimum atomic E-state index is 1.10. The van der Waals surface area contributed by atoms with Gasteiger partial charge in [0.15, 0.2) is 0 Å². The highest BCUT2D eigenvalue weighted by Crippen LogP contribution is 1.96. The van der Waals surface area contributed by atoms with Crippen LogP contribution in [0.1, 0.15) is 58.6 Å². The van der Waals surface area contributed by atoms with Gasteiger partial charge in [0.2, 0.25) is 0 Å². The Morgan fingerprint density at radius 2 is 1.60 bits per heavy atom. The second-order valence-electron chi connectivity index (χ2n) is 3.78. The standard InChI is InChI=1S/C8H11N.C6H14/c1-2-5-8-6-3-4-7-9-8;1-3-5-6-4-2/h3-4,6-7H,2,5H2,1H3;3-6H2,1-2H3. The van der Waals surface area contributed by atoms with Gasteiger partial charge in [-0.25, -0.2) is 0 Å². The highest BCUT2D eigenvalue weighted by Gasteiger charge is 1.86. The summed E-state index contributed by atoms with van der Waals surface area (Å²) >= 11 is 0. The van der Waals surface area contributed by atoms with Gasteiger partial charge in [0.1, 0.15) is 0 Å². The van der Waals surface area contributed by atoms with Crippen molar-refractivity contribution < 1.29 is 0 Å². The highest BCUT2D eigenvalue weighted by molar-refractivity contribution is 5.02. The van der Waals surface area contributed by atoms with Crippen molar-refractivity contribution in [1.29, 1.82) is 0 Å². The van der Waals surface area contributed by atoms with Crippen LogP contribution in [0, 0.1) is 0 Å². The fourth-order valence-corrected chi connectivity index (χ4v) is 1.30. The zero-order valence-electron chi connectivity index (χ0n) is 10.5. The van der Waals surface area contributed by atoms with Gasteiger partial charge in [0.25, 0.3) is 0 Å². The lowest BCUT2D eigenvalue weighted by atomic mass is 10.2. The van der Waals surface area contributed by atoms with Crippen LogP contribution in [0.3, 0.4) is 0 Å². The molecule has 0 aliphatic heterocycles. The zero-order chi connectivity index (χ0) is 11.4. The molecule has 0 aliphatic rings. The minimum absolute atomic E-state index is 1.10. The summed E-state index contributed by atoms with van der Waals surface area (Å²) in [5.74, 6) is 0. The van der Waals surface area contributed by atoms with Crippen LogP contribution in [0.5, 0.6) is 0 Å². The van der Waals surface area contributed by atoms with Crippen molar-refractivity contribution in [1.82, 2.24) is 4.98 Å². The Balaban J connectivity index is 0.000000288. The maximum atomic E-state index is 4.17. The number of unbranched alkanes of at least 4 members (excludes halogenated alkanes) is 3. The molecule has 0 spiro atoms. The lowest BCUT2D eigenvalue weighted by Crippen LogP contribution is -1.84. The molecule has 1 aromatic rings. The average Bonchev–Trinajstić information content (AvgIpc) is 2.29. The zero-order valence-corrected chi connectivity index (χ0v) is 10.5. The first kappa shape index (κ1) is 14.2. The van der Waals surface area contributed by atoms with E-state index < -0.39 is 0 Å². The predicted molar refractivity (Wildman–Crippen MR) is 68.0 cm³/mol. The van der Waals surface area contributed by atoms with Crippen LogP contribution >= 0.6 is 0 Å². The third-order valence-electron chi connectivity index (χ3n) is 2.19. The van der Waals surface area contributed by atoms with Gasteiger partial charge in [-0.3, -0.25) is 4.98 Å². The molecule has 0 unspecified atom stereocenters. The third kappa shape index (κ3) is 9.45. The van der Waals surface area contributed by atoms with Crippen molar-refractivity contribution in [2.75, 3.05) is 0 Å². The molecular formula is C14H25N. The normalized spacial score (nSPS) is 9.27. The van der Waals surface area contributed by atoms with Gasteiger partial charge >= 0.3 is 0 Å². The van der Waals surface area contributed by atoms with Gasteiger partial charge in [0, 0.05) is 11.9 Å².